The van der Waals surface area contributed by atoms with E-state index < -0.39 is 0 Å². The Bertz CT molecular complexity index is 192. The van der Waals surface area contributed by atoms with Gasteiger partial charge in [-0.25, -0.2) is 0 Å². The number of allylic oxidation sites excluding steroid dienone is 1. The summed E-state index contributed by atoms with van der Waals surface area (Å²) in [4.78, 5) is 4.18. The summed E-state index contributed by atoms with van der Waals surface area (Å²) in [5.74, 6) is 0. The fourth-order valence-electron chi connectivity index (χ4n) is 0.789. The Labute approximate surface area is 74.3 Å². The smallest absolute Gasteiger partial charge is 0.0848 e. The first-order valence-electron chi connectivity index (χ1n) is 4.19. The fourth-order valence-corrected chi connectivity index (χ4v) is 0.789. The van der Waals surface area contributed by atoms with E-state index in [1.54, 1.807) is 6.08 Å². The summed E-state index contributed by atoms with van der Waals surface area (Å²) in [6.07, 6.45) is 4.65. The van der Waals surface area contributed by atoms with Crippen molar-refractivity contribution in [3.05, 3.63) is 24.3 Å². The van der Waals surface area contributed by atoms with Gasteiger partial charge in [-0.05, 0) is 19.4 Å². The third-order valence-electron chi connectivity index (χ3n) is 1.75. The molecular weight excluding hydrogens is 150 g/mol. The van der Waals surface area contributed by atoms with Crippen molar-refractivity contribution in [1.29, 1.82) is 0 Å². The lowest BCUT2D eigenvalue weighted by atomic mass is 10.2. The lowest BCUT2D eigenvalue weighted by molar-refractivity contribution is 0.358. The van der Waals surface area contributed by atoms with Crippen molar-refractivity contribution < 1.29 is 5.11 Å². The van der Waals surface area contributed by atoms with Gasteiger partial charge in [0.25, 0.3) is 0 Å². The van der Waals surface area contributed by atoms with Crippen LogP contribution in [0.3, 0.4) is 0 Å². The van der Waals surface area contributed by atoms with Crippen LogP contribution in [0.2, 0.25) is 0 Å². The molecule has 0 saturated heterocycles. The molecule has 0 aromatic carbocycles. The first-order valence-corrected chi connectivity index (χ1v) is 4.19. The van der Waals surface area contributed by atoms with Crippen LogP contribution in [-0.2, 0) is 0 Å². The van der Waals surface area contributed by atoms with Crippen molar-refractivity contribution in [3.8, 4) is 0 Å². The van der Waals surface area contributed by atoms with Crippen molar-refractivity contribution in [3.63, 3.8) is 0 Å². The molecule has 0 aliphatic rings. The lowest BCUT2D eigenvalue weighted by Gasteiger charge is -1.99. The maximum absolute atomic E-state index is 8.76. The van der Waals surface area contributed by atoms with Crippen molar-refractivity contribution in [2.75, 3.05) is 13.2 Å². The van der Waals surface area contributed by atoms with Crippen LogP contribution < -0.4 is 0 Å². The van der Waals surface area contributed by atoms with Gasteiger partial charge < -0.3 is 5.11 Å². The topological polar surface area (TPSA) is 32.6 Å². The Morgan fingerprint density at radius 1 is 1.58 bits per heavy atom. The molecule has 0 fully saturated rings. The SMILES string of the molecule is C=C/C(CO)=N\C/C(=C\C)CC. The van der Waals surface area contributed by atoms with E-state index >= 15 is 0 Å². The van der Waals surface area contributed by atoms with E-state index in [1.165, 1.54) is 5.57 Å². The molecule has 0 saturated carbocycles. The van der Waals surface area contributed by atoms with Gasteiger partial charge in [0.2, 0.25) is 0 Å². The van der Waals surface area contributed by atoms with Crippen molar-refractivity contribution >= 4 is 5.71 Å². The highest BCUT2D eigenvalue weighted by atomic mass is 16.3. The van der Waals surface area contributed by atoms with Crippen LogP contribution >= 0.6 is 0 Å². The molecule has 0 spiro atoms. The van der Waals surface area contributed by atoms with Crippen LogP contribution in [0, 0.1) is 0 Å². The van der Waals surface area contributed by atoms with Gasteiger partial charge in [-0.2, -0.15) is 0 Å². The Morgan fingerprint density at radius 3 is 2.58 bits per heavy atom. The Morgan fingerprint density at radius 2 is 2.25 bits per heavy atom. The molecular formula is C10H17NO. The van der Waals surface area contributed by atoms with E-state index in [9.17, 15) is 0 Å². The summed E-state index contributed by atoms with van der Waals surface area (Å²) in [6.45, 7) is 8.30. The molecule has 0 aromatic heterocycles. The predicted octanol–water partition coefficient (Wildman–Crippen LogP) is 1.96. The first-order chi connectivity index (χ1) is 5.78. The van der Waals surface area contributed by atoms with Gasteiger partial charge in [0.1, 0.15) is 0 Å². The minimum Gasteiger partial charge on any atom is -0.390 e. The summed E-state index contributed by atoms with van der Waals surface area (Å²) in [6, 6.07) is 0. The molecule has 2 heteroatoms. The Hall–Kier alpha value is -0.890. The minimum atomic E-state index is -0.0236. The number of aliphatic hydroxyl groups is 1. The van der Waals surface area contributed by atoms with Gasteiger partial charge in [0.05, 0.1) is 18.9 Å². The fraction of sp³-hybridized carbons (Fsp3) is 0.500. The van der Waals surface area contributed by atoms with Gasteiger partial charge in [0, 0.05) is 0 Å². The zero-order chi connectivity index (χ0) is 9.40. The molecule has 68 valence electrons. The van der Waals surface area contributed by atoms with E-state index in [0.29, 0.717) is 12.3 Å². The third-order valence-corrected chi connectivity index (χ3v) is 1.75. The van der Waals surface area contributed by atoms with Crippen LogP contribution in [-0.4, -0.2) is 24.0 Å². The average Bonchev–Trinajstić information content (AvgIpc) is 2.13. The molecule has 1 N–H and O–H groups in total. The first kappa shape index (κ1) is 11.1. The van der Waals surface area contributed by atoms with E-state index in [4.69, 9.17) is 5.11 Å². The second-order valence-electron chi connectivity index (χ2n) is 2.47. The van der Waals surface area contributed by atoms with E-state index in [2.05, 4.69) is 24.6 Å². The van der Waals surface area contributed by atoms with Crippen molar-refractivity contribution in [1.82, 2.24) is 0 Å². The number of rotatable bonds is 5. The molecule has 0 rings (SSSR count). The van der Waals surface area contributed by atoms with Crippen molar-refractivity contribution in [2.24, 2.45) is 4.99 Å². The highest BCUT2D eigenvalue weighted by molar-refractivity contribution is 5.95. The maximum Gasteiger partial charge on any atom is 0.0848 e. The molecule has 0 unspecified atom stereocenters. The number of nitrogens with zero attached hydrogens (tertiary/aromatic N) is 1. The van der Waals surface area contributed by atoms with Crippen LogP contribution in [0.5, 0.6) is 0 Å². The van der Waals surface area contributed by atoms with E-state index in [0.717, 1.165) is 6.42 Å². The third kappa shape index (κ3) is 4.09. The Kier molecular flexibility index (Phi) is 6.29. The normalized spacial score (nSPS) is 13.2. The molecule has 0 aromatic rings. The van der Waals surface area contributed by atoms with E-state index in [-0.39, 0.29) is 6.61 Å². The van der Waals surface area contributed by atoms with Gasteiger partial charge in [-0.15, -0.1) is 0 Å². The summed E-state index contributed by atoms with van der Waals surface area (Å²) in [5, 5.41) is 8.76. The monoisotopic (exact) mass is 167 g/mol. The second kappa shape index (κ2) is 6.80. The van der Waals surface area contributed by atoms with Crippen LogP contribution in [0.25, 0.3) is 0 Å². The predicted molar refractivity (Wildman–Crippen MR) is 53.6 cm³/mol. The highest BCUT2D eigenvalue weighted by Gasteiger charge is 1.92. The standard InChI is InChI=1S/C10H17NO/c1-4-9(5-2)7-11-10(6-3)8-12/h4,6,12H,3,5,7-8H2,1-2H3/b9-4-,11-10+. The van der Waals surface area contributed by atoms with E-state index in [1.807, 2.05) is 6.92 Å². The van der Waals surface area contributed by atoms with Crippen molar-refractivity contribution in [2.45, 2.75) is 20.3 Å². The number of aliphatic hydroxyl groups excluding tert-OH is 1. The summed E-state index contributed by atoms with van der Waals surface area (Å²) < 4.78 is 0. The highest BCUT2D eigenvalue weighted by Crippen LogP contribution is 2.00. The van der Waals surface area contributed by atoms with Crippen LogP contribution in [0.15, 0.2) is 29.3 Å². The molecule has 0 aliphatic carbocycles. The van der Waals surface area contributed by atoms with Crippen LogP contribution in [0.4, 0.5) is 0 Å². The molecule has 12 heavy (non-hydrogen) atoms. The van der Waals surface area contributed by atoms with Gasteiger partial charge in [0.15, 0.2) is 0 Å². The number of aliphatic imine (C=N–C) groups is 1. The number of hydrogen-bond donors (Lipinski definition) is 1. The average molecular weight is 167 g/mol. The molecule has 0 bridgehead atoms. The minimum absolute atomic E-state index is 0.0236. The van der Waals surface area contributed by atoms with Gasteiger partial charge >= 0.3 is 0 Å². The van der Waals surface area contributed by atoms with Gasteiger partial charge in [-0.1, -0.05) is 25.2 Å². The number of hydrogen-bond acceptors (Lipinski definition) is 2. The Balaban J connectivity index is 4.08. The maximum atomic E-state index is 8.76. The van der Waals surface area contributed by atoms with Gasteiger partial charge in [-0.3, -0.25) is 4.99 Å². The second-order valence-corrected chi connectivity index (χ2v) is 2.47. The molecule has 0 atom stereocenters. The lowest BCUT2D eigenvalue weighted by Crippen LogP contribution is -2.01. The zero-order valence-corrected chi connectivity index (χ0v) is 7.88. The molecule has 0 amide bonds. The molecule has 0 heterocycles. The quantitative estimate of drug-likeness (QED) is 0.492. The molecule has 0 aliphatic heterocycles. The summed E-state index contributed by atoms with van der Waals surface area (Å²) >= 11 is 0. The molecule has 2 nitrogen and oxygen atoms in total. The summed E-state index contributed by atoms with van der Waals surface area (Å²) in [7, 11) is 0. The largest absolute Gasteiger partial charge is 0.390 e. The molecule has 0 radical (unpaired) electrons. The summed E-state index contributed by atoms with van der Waals surface area (Å²) in [5.41, 5.74) is 1.94. The van der Waals surface area contributed by atoms with Crippen LogP contribution in [0.1, 0.15) is 20.3 Å². The zero-order valence-electron chi connectivity index (χ0n) is 7.88.